The molecule has 0 amide bonds. The number of nitrogens with zero attached hydrogens (tertiary/aromatic N) is 3. The van der Waals surface area contributed by atoms with Crippen LogP contribution in [-0.2, 0) is 46.3 Å². The van der Waals surface area contributed by atoms with E-state index in [0.29, 0.717) is 16.5 Å². The number of halogens is 1. The fraction of sp³-hybridized carbons (Fsp3) is 0.211. The first-order valence-electron chi connectivity index (χ1n) is 8.04. The van der Waals surface area contributed by atoms with Gasteiger partial charge in [0, 0.05) is 30.6 Å². The van der Waals surface area contributed by atoms with Crippen LogP contribution in [0.3, 0.4) is 0 Å². The maximum atomic E-state index is 7.77. The van der Waals surface area contributed by atoms with Gasteiger partial charge in [-0.1, -0.05) is 23.7 Å². The Bertz CT molecular complexity index is 706. The molecule has 0 aliphatic rings. The van der Waals surface area contributed by atoms with E-state index in [1.807, 2.05) is 36.4 Å². The molecule has 0 fully saturated rings. The first-order chi connectivity index (χ1) is 13.2. The Kier molecular flexibility index (Phi) is 16.4. The molecule has 152 valence electrons. The summed E-state index contributed by atoms with van der Waals surface area (Å²) in [5, 5.41) is 16.2. The molecule has 28 heavy (non-hydrogen) atoms. The molecule has 3 aromatic heterocycles. The zero-order valence-electron chi connectivity index (χ0n) is 14.8. The van der Waals surface area contributed by atoms with Crippen LogP contribution in [0.1, 0.15) is 0 Å². The minimum absolute atomic E-state index is 0. The van der Waals surface area contributed by atoms with E-state index in [0.717, 1.165) is 22.8 Å². The van der Waals surface area contributed by atoms with Gasteiger partial charge in [0.25, 0.3) is 0 Å². The van der Waals surface area contributed by atoms with Crippen molar-refractivity contribution in [3.63, 3.8) is 0 Å². The standard InChI is InChI=1S/C15H10ClN3.2C2H6OS.Pt/c16-11-9-14(12-5-1-3-7-17-12)19-15(10-11)13-6-2-4-8-18-13;2*3-1-2-4;/h1-10H;2*3-4H,1-2H2;/q;;;+2/p-2. The molecule has 0 bridgehead atoms. The molecule has 0 unspecified atom stereocenters. The molecule has 0 spiro atoms. The van der Waals surface area contributed by atoms with E-state index >= 15 is 0 Å². The van der Waals surface area contributed by atoms with E-state index in [9.17, 15) is 0 Å². The van der Waals surface area contributed by atoms with Crippen molar-refractivity contribution in [2.75, 3.05) is 24.7 Å². The van der Waals surface area contributed by atoms with Crippen LogP contribution in [0.25, 0.3) is 22.8 Å². The Hall–Kier alpha value is -0.952. The van der Waals surface area contributed by atoms with Crippen molar-refractivity contribution < 1.29 is 31.3 Å². The van der Waals surface area contributed by atoms with Crippen LogP contribution in [0.4, 0.5) is 0 Å². The van der Waals surface area contributed by atoms with Gasteiger partial charge >= 0.3 is 21.1 Å². The van der Waals surface area contributed by atoms with Gasteiger partial charge in [-0.25, -0.2) is 4.98 Å². The second-order valence-electron chi connectivity index (χ2n) is 4.84. The average Bonchev–Trinajstić information content (AvgIpc) is 2.75. The minimum atomic E-state index is 0. The first-order valence-corrected chi connectivity index (χ1v) is 9.57. The number of pyridine rings is 3. The molecule has 3 rings (SSSR count). The van der Waals surface area contributed by atoms with Crippen LogP contribution >= 0.6 is 11.6 Å². The fourth-order valence-corrected chi connectivity index (χ4v) is 1.99. The molecular weight excluding hydrogens is 597 g/mol. The van der Waals surface area contributed by atoms with Crippen molar-refractivity contribution in [1.29, 1.82) is 0 Å². The van der Waals surface area contributed by atoms with Crippen molar-refractivity contribution in [3.8, 4) is 22.8 Å². The Morgan fingerprint density at radius 3 is 1.43 bits per heavy atom. The number of aliphatic hydroxyl groups is 2. The van der Waals surface area contributed by atoms with Crippen LogP contribution in [0.2, 0.25) is 5.02 Å². The molecular formula is C19H20ClN3O2PtS2. The van der Waals surface area contributed by atoms with Crippen molar-refractivity contribution in [2.45, 2.75) is 0 Å². The molecule has 3 heterocycles. The van der Waals surface area contributed by atoms with E-state index in [-0.39, 0.29) is 34.3 Å². The van der Waals surface area contributed by atoms with E-state index < -0.39 is 0 Å². The third-order valence-corrected chi connectivity index (χ3v) is 3.41. The van der Waals surface area contributed by atoms with Gasteiger partial charge in [0.2, 0.25) is 0 Å². The van der Waals surface area contributed by atoms with Gasteiger partial charge in [-0.2, -0.15) is 11.5 Å². The Morgan fingerprint density at radius 1 is 0.750 bits per heavy atom. The fourth-order valence-electron chi connectivity index (χ4n) is 1.79. The van der Waals surface area contributed by atoms with Gasteiger partial charge in [-0.05, 0) is 36.4 Å². The predicted octanol–water partition coefficient (Wildman–Crippen LogP) is 2.91. The maximum Gasteiger partial charge on any atom is 2.00 e. The molecule has 0 atom stereocenters. The van der Waals surface area contributed by atoms with Gasteiger partial charge in [0.15, 0.2) is 0 Å². The second kappa shape index (κ2) is 17.0. The molecule has 5 nitrogen and oxygen atoms in total. The summed E-state index contributed by atoms with van der Waals surface area (Å²) in [6.07, 6.45) is 3.47. The number of hydrogen-bond acceptors (Lipinski definition) is 7. The molecule has 0 saturated heterocycles. The third-order valence-electron chi connectivity index (χ3n) is 2.83. The van der Waals surface area contributed by atoms with Crippen molar-refractivity contribution in [2.24, 2.45) is 0 Å². The van der Waals surface area contributed by atoms with E-state index in [1.54, 1.807) is 24.5 Å². The molecule has 0 aliphatic carbocycles. The summed E-state index contributed by atoms with van der Waals surface area (Å²) in [7, 11) is 0. The first kappa shape index (κ1) is 27.0. The number of aromatic nitrogens is 3. The normalized spacial score (nSPS) is 9.18. The predicted molar refractivity (Wildman–Crippen MR) is 114 cm³/mol. The smallest absolute Gasteiger partial charge is 0.790 e. The number of rotatable bonds is 4. The average molecular weight is 617 g/mol. The van der Waals surface area contributed by atoms with Gasteiger partial charge < -0.3 is 35.5 Å². The molecule has 0 radical (unpaired) electrons. The third kappa shape index (κ3) is 10.6. The summed E-state index contributed by atoms with van der Waals surface area (Å²) in [5.74, 6) is 0.917. The summed E-state index contributed by atoms with van der Waals surface area (Å²) in [6.45, 7) is 0.269. The summed E-state index contributed by atoms with van der Waals surface area (Å²) in [5.41, 5.74) is 3.08. The van der Waals surface area contributed by atoms with E-state index in [4.69, 9.17) is 21.8 Å². The minimum Gasteiger partial charge on any atom is -0.790 e. The second-order valence-corrected chi connectivity index (χ2v) is 6.09. The van der Waals surface area contributed by atoms with Crippen molar-refractivity contribution in [3.05, 3.63) is 65.9 Å². The molecule has 9 heteroatoms. The van der Waals surface area contributed by atoms with Gasteiger partial charge in [-0.3, -0.25) is 9.97 Å². The number of aliphatic hydroxyl groups excluding tert-OH is 2. The molecule has 0 aliphatic heterocycles. The number of hydrogen-bond donors (Lipinski definition) is 2. The summed E-state index contributed by atoms with van der Waals surface area (Å²) >= 11 is 14.8. The van der Waals surface area contributed by atoms with Crippen LogP contribution in [0.15, 0.2) is 60.9 Å². The van der Waals surface area contributed by atoms with Gasteiger partial charge in [0.05, 0.1) is 22.8 Å². The van der Waals surface area contributed by atoms with E-state index in [1.165, 1.54) is 0 Å². The summed E-state index contributed by atoms with van der Waals surface area (Å²) < 4.78 is 0. The Morgan fingerprint density at radius 2 is 1.14 bits per heavy atom. The summed E-state index contributed by atoms with van der Waals surface area (Å²) in [6, 6.07) is 15.0. The summed E-state index contributed by atoms with van der Waals surface area (Å²) in [4.78, 5) is 13.1. The van der Waals surface area contributed by atoms with E-state index in [2.05, 4.69) is 40.2 Å². The van der Waals surface area contributed by atoms with Crippen LogP contribution < -0.4 is 0 Å². The Balaban J connectivity index is 0.000000697. The molecule has 3 aromatic rings. The monoisotopic (exact) mass is 616 g/mol. The van der Waals surface area contributed by atoms with Crippen LogP contribution in [-0.4, -0.2) is 49.9 Å². The largest absolute Gasteiger partial charge is 2.00 e. The molecule has 0 saturated carbocycles. The Labute approximate surface area is 195 Å². The maximum absolute atomic E-state index is 7.77. The van der Waals surface area contributed by atoms with Crippen LogP contribution in [0.5, 0.6) is 0 Å². The topological polar surface area (TPSA) is 79.1 Å². The SMILES string of the molecule is Clc1cc(-c2ccccn2)nc(-c2ccccn2)c1.OCC[S-].OCC[S-].[Pt+2]. The van der Waals surface area contributed by atoms with Crippen molar-refractivity contribution in [1.82, 2.24) is 15.0 Å². The van der Waals surface area contributed by atoms with Gasteiger partial charge in [0.1, 0.15) is 0 Å². The molecule has 2 N–H and O–H groups in total. The quantitative estimate of drug-likeness (QED) is 0.437. The zero-order chi connectivity index (χ0) is 19.9. The van der Waals surface area contributed by atoms with Gasteiger partial charge in [-0.15, -0.1) is 0 Å². The van der Waals surface area contributed by atoms with Crippen molar-refractivity contribution >= 4 is 36.9 Å². The van der Waals surface area contributed by atoms with Crippen LogP contribution in [0, 0.1) is 0 Å². The molecule has 0 aromatic carbocycles. The zero-order valence-corrected chi connectivity index (χ0v) is 19.5.